The third-order valence-electron chi connectivity index (χ3n) is 16.1. The topological polar surface area (TPSA) is 21.3 Å². The molecule has 2 aliphatic rings. The Morgan fingerprint density at radius 3 is 1.76 bits per heavy atom. The van der Waals surface area contributed by atoms with Gasteiger partial charge in [-0.3, -0.25) is 0 Å². The number of hydrogen-bond acceptors (Lipinski definition) is 2. The standard InChI is InChI=1S/C64H52N2OSi/c1-63-40-17-18-41-64(63,2)66(59-37-16-15-36-57(59)63)49-38-39-58-56(44-49)62-60(55-35-21-34-54(61(55)67-62)46-24-9-4-10-25-46)65(58)48-27-20-33-53(43-48)68(50-28-11-5-12-29-50,51-30-13-6-14-31-51)52-32-19-26-47(42-52)45-22-7-3-8-23-45/h3-16,19-39,42-44H,17-18,40-41H2,1-2H3. The number of nitrogens with zero attached hydrogens (tertiary/aromatic N) is 2. The first-order chi connectivity index (χ1) is 33.5. The van der Waals surface area contributed by atoms with Crippen LogP contribution in [0.5, 0.6) is 0 Å². The molecule has 13 rings (SSSR count). The number of benzene rings is 9. The molecule has 0 amide bonds. The van der Waals surface area contributed by atoms with Crippen LogP contribution in [0.2, 0.25) is 0 Å². The summed E-state index contributed by atoms with van der Waals surface area (Å²) >= 11 is 0. The number of para-hydroxylation sites is 2. The minimum absolute atomic E-state index is 0.0525. The summed E-state index contributed by atoms with van der Waals surface area (Å²) in [4.78, 5) is 2.69. The van der Waals surface area contributed by atoms with Crippen LogP contribution in [0.4, 0.5) is 11.4 Å². The number of anilines is 2. The average Bonchev–Trinajstić information content (AvgIpc) is 4.01. The first kappa shape index (κ1) is 40.6. The molecule has 2 atom stereocenters. The van der Waals surface area contributed by atoms with Crippen LogP contribution >= 0.6 is 0 Å². The highest BCUT2D eigenvalue weighted by Crippen LogP contribution is 2.61. The molecule has 3 heterocycles. The van der Waals surface area contributed by atoms with Gasteiger partial charge in [0.1, 0.15) is 11.1 Å². The van der Waals surface area contributed by atoms with Crippen molar-refractivity contribution in [1.29, 1.82) is 0 Å². The van der Waals surface area contributed by atoms with E-state index >= 15 is 0 Å². The molecule has 1 aliphatic carbocycles. The molecule has 0 radical (unpaired) electrons. The molecule has 0 N–H and O–H groups in total. The molecule has 11 aromatic rings. The highest BCUT2D eigenvalue weighted by molar-refractivity contribution is 7.20. The maximum Gasteiger partial charge on any atom is 0.179 e. The predicted molar refractivity (Wildman–Crippen MR) is 288 cm³/mol. The van der Waals surface area contributed by atoms with Crippen LogP contribution in [0.25, 0.3) is 60.9 Å². The summed E-state index contributed by atoms with van der Waals surface area (Å²) in [6.07, 6.45) is 4.83. The zero-order valence-corrected chi connectivity index (χ0v) is 39.6. The van der Waals surface area contributed by atoms with E-state index in [9.17, 15) is 0 Å². The third-order valence-corrected chi connectivity index (χ3v) is 20.8. The average molecular weight is 893 g/mol. The number of furan rings is 1. The second-order valence-electron chi connectivity index (χ2n) is 19.5. The SMILES string of the molecule is CC12CCCCC1(C)N(c1ccc3c(c1)c1oc4c(-c5ccccc5)cccc4c1n3-c1cccc([Si](c3ccccc3)(c3ccccc3)c3cccc(-c4ccccc4)c3)c1)c1ccccc12. The smallest absolute Gasteiger partial charge is 0.179 e. The van der Waals surface area contributed by atoms with Crippen LogP contribution in [-0.2, 0) is 5.41 Å². The van der Waals surface area contributed by atoms with Gasteiger partial charge in [-0.2, -0.15) is 0 Å². The normalized spacial score (nSPS) is 18.0. The van der Waals surface area contributed by atoms with Crippen LogP contribution in [0.3, 0.4) is 0 Å². The Bertz CT molecular complexity index is 3630. The van der Waals surface area contributed by atoms with Crippen molar-refractivity contribution in [2.75, 3.05) is 4.90 Å². The fourth-order valence-electron chi connectivity index (χ4n) is 12.7. The molecular formula is C64H52N2OSi. The predicted octanol–water partition coefficient (Wildman–Crippen LogP) is 14.0. The Morgan fingerprint density at radius 1 is 0.441 bits per heavy atom. The molecule has 0 bridgehead atoms. The molecule has 2 unspecified atom stereocenters. The Kier molecular flexibility index (Phi) is 9.39. The molecule has 0 spiro atoms. The van der Waals surface area contributed by atoms with Crippen molar-refractivity contribution >= 4 is 73.2 Å². The fraction of sp³-hybridized carbons (Fsp3) is 0.125. The zero-order chi connectivity index (χ0) is 45.5. The molecule has 4 heteroatoms. The van der Waals surface area contributed by atoms with Crippen LogP contribution < -0.4 is 25.6 Å². The minimum Gasteiger partial charge on any atom is -0.453 e. The van der Waals surface area contributed by atoms with Gasteiger partial charge in [-0.15, -0.1) is 0 Å². The van der Waals surface area contributed by atoms with E-state index in [1.165, 1.54) is 68.1 Å². The van der Waals surface area contributed by atoms with Crippen molar-refractivity contribution in [1.82, 2.24) is 4.57 Å². The maximum absolute atomic E-state index is 7.32. The molecule has 1 fully saturated rings. The Hall–Kier alpha value is -7.66. The summed E-state index contributed by atoms with van der Waals surface area (Å²) in [5.41, 5.74) is 13.9. The van der Waals surface area contributed by atoms with Gasteiger partial charge in [-0.1, -0.05) is 208 Å². The highest BCUT2D eigenvalue weighted by Gasteiger charge is 2.57. The van der Waals surface area contributed by atoms with E-state index in [4.69, 9.17) is 4.42 Å². The lowest BCUT2D eigenvalue weighted by Gasteiger charge is -2.50. The minimum atomic E-state index is -2.97. The van der Waals surface area contributed by atoms with Crippen LogP contribution in [0, 0.1) is 0 Å². The van der Waals surface area contributed by atoms with Gasteiger partial charge in [0.2, 0.25) is 0 Å². The van der Waals surface area contributed by atoms with Crippen LogP contribution in [-0.4, -0.2) is 18.2 Å². The lowest BCUT2D eigenvalue weighted by Crippen LogP contribution is -2.74. The van der Waals surface area contributed by atoms with Crippen molar-refractivity contribution < 1.29 is 4.42 Å². The largest absolute Gasteiger partial charge is 0.453 e. The van der Waals surface area contributed by atoms with Crippen molar-refractivity contribution in [2.45, 2.75) is 50.5 Å². The van der Waals surface area contributed by atoms with Gasteiger partial charge in [0.05, 0.1) is 11.1 Å². The van der Waals surface area contributed by atoms with Gasteiger partial charge < -0.3 is 13.9 Å². The van der Waals surface area contributed by atoms with Gasteiger partial charge in [-0.25, -0.2) is 0 Å². The summed E-state index contributed by atoms with van der Waals surface area (Å²) in [5, 5.41) is 7.57. The monoisotopic (exact) mass is 892 g/mol. The second-order valence-corrected chi connectivity index (χ2v) is 23.3. The molecule has 68 heavy (non-hydrogen) atoms. The Morgan fingerprint density at radius 2 is 1.03 bits per heavy atom. The highest BCUT2D eigenvalue weighted by atomic mass is 28.3. The number of aromatic nitrogens is 1. The summed E-state index contributed by atoms with van der Waals surface area (Å²) in [6, 6.07) is 85.9. The van der Waals surface area contributed by atoms with E-state index < -0.39 is 8.07 Å². The molecule has 3 nitrogen and oxygen atoms in total. The Balaban J connectivity index is 1.09. The van der Waals surface area contributed by atoms with E-state index in [0.29, 0.717) is 0 Å². The second kappa shape index (κ2) is 15.7. The van der Waals surface area contributed by atoms with E-state index in [1.807, 2.05) is 0 Å². The molecule has 1 saturated carbocycles. The number of rotatable bonds is 8. The van der Waals surface area contributed by atoms with Gasteiger partial charge in [0.25, 0.3) is 0 Å². The van der Waals surface area contributed by atoms with Gasteiger partial charge in [0, 0.05) is 38.8 Å². The van der Waals surface area contributed by atoms with Gasteiger partial charge in [-0.05, 0) is 105 Å². The molecule has 1 aliphatic heterocycles. The van der Waals surface area contributed by atoms with E-state index in [1.54, 1.807) is 0 Å². The zero-order valence-electron chi connectivity index (χ0n) is 38.6. The molecular weight excluding hydrogens is 841 g/mol. The van der Waals surface area contributed by atoms with Crippen LogP contribution in [0.15, 0.2) is 235 Å². The van der Waals surface area contributed by atoms with Crippen molar-refractivity contribution in [3.63, 3.8) is 0 Å². The third kappa shape index (κ3) is 5.90. The number of fused-ring (bicyclic) bond motifs is 8. The first-order valence-electron chi connectivity index (χ1n) is 24.3. The van der Waals surface area contributed by atoms with Crippen LogP contribution in [0.1, 0.15) is 45.1 Å². The molecule has 0 saturated heterocycles. The molecule has 2 aromatic heterocycles. The summed E-state index contributed by atoms with van der Waals surface area (Å²) < 4.78 is 9.82. The Labute approximate surface area is 399 Å². The van der Waals surface area contributed by atoms with Gasteiger partial charge >= 0.3 is 0 Å². The summed E-state index contributed by atoms with van der Waals surface area (Å²) in [5.74, 6) is 0. The van der Waals surface area contributed by atoms with E-state index in [2.05, 4.69) is 254 Å². The maximum atomic E-state index is 7.32. The quantitative estimate of drug-likeness (QED) is 0.112. The lowest BCUT2D eigenvalue weighted by molar-refractivity contribution is 0.195. The lowest BCUT2D eigenvalue weighted by atomic mass is 9.61. The first-order valence-corrected chi connectivity index (χ1v) is 26.3. The number of hydrogen-bond donors (Lipinski definition) is 0. The van der Waals surface area contributed by atoms with Crippen molar-refractivity contribution in [3.8, 4) is 27.9 Å². The molecule has 9 aromatic carbocycles. The van der Waals surface area contributed by atoms with Crippen molar-refractivity contribution in [3.05, 3.63) is 236 Å². The van der Waals surface area contributed by atoms with Gasteiger partial charge in [0.15, 0.2) is 13.7 Å². The van der Waals surface area contributed by atoms with E-state index in [0.717, 1.165) is 56.2 Å². The summed E-state index contributed by atoms with van der Waals surface area (Å²) in [7, 11) is -2.97. The van der Waals surface area contributed by atoms with Crippen molar-refractivity contribution in [2.24, 2.45) is 0 Å². The van der Waals surface area contributed by atoms with E-state index in [-0.39, 0.29) is 11.0 Å². The fourth-order valence-corrected chi connectivity index (χ4v) is 17.5. The summed E-state index contributed by atoms with van der Waals surface area (Å²) in [6.45, 7) is 5.03. The molecule has 328 valence electrons.